The molecule has 0 unspecified atom stereocenters. The zero-order valence-electron chi connectivity index (χ0n) is 23.9. The molecule has 4 N–H and O–H groups in total. The van der Waals surface area contributed by atoms with Gasteiger partial charge >= 0.3 is 5.97 Å². The molecule has 10 nitrogen and oxygen atoms in total. The van der Waals surface area contributed by atoms with Gasteiger partial charge in [-0.25, -0.2) is 4.79 Å². The number of amides is 3. The summed E-state index contributed by atoms with van der Waals surface area (Å²) >= 11 is 0. The van der Waals surface area contributed by atoms with E-state index in [0.29, 0.717) is 32.6 Å². The standard InChI is InChI=1S/C31H42N4O6/c1-22(2)18-26(30(38)34-27(31(39)40)19-24-12-7-4-8-13-24)33-29(37)25(15-14-23-10-5-3-6-11-23)32-28(36)20-35-16-9-17-41-21-35/h3-8,10-13,22,25-27H,9,14-21H2,1-2H3,(H,32,36)(H,33,37)(H,34,38)(H,39,40)/t25-,26-,27-/m0/s1. The molecule has 1 heterocycles. The van der Waals surface area contributed by atoms with Crippen molar-refractivity contribution in [1.82, 2.24) is 20.9 Å². The van der Waals surface area contributed by atoms with Crippen LogP contribution >= 0.6 is 0 Å². The zero-order valence-corrected chi connectivity index (χ0v) is 23.9. The minimum Gasteiger partial charge on any atom is -0.480 e. The molecule has 10 heteroatoms. The van der Waals surface area contributed by atoms with Gasteiger partial charge in [0.05, 0.1) is 13.3 Å². The van der Waals surface area contributed by atoms with Gasteiger partial charge in [-0.15, -0.1) is 0 Å². The first kappa shape index (κ1) is 31.8. The zero-order chi connectivity index (χ0) is 29.6. The highest BCUT2D eigenvalue weighted by molar-refractivity contribution is 5.93. The Morgan fingerprint density at radius 3 is 2.05 bits per heavy atom. The van der Waals surface area contributed by atoms with Gasteiger partial charge in [0.1, 0.15) is 18.1 Å². The van der Waals surface area contributed by atoms with E-state index in [2.05, 4.69) is 16.0 Å². The fourth-order valence-electron chi connectivity index (χ4n) is 4.74. The quantitative estimate of drug-likeness (QED) is 0.259. The molecule has 3 amide bonds. The Hall–Kier alpha value is -3.76. The van der Waals surface area contributed by atoms with Crippen LogP contribution in [0.2, 0.25) is 0 Å². The van der Waals surface area contributed by atoms with Crippen LogP contribution < -0.4 is 16.0 Å². The predicted octanol–water partition coefficient (Wildman–Crippen LogP) is 2.13. The first-order valence-electron chi connectivity index (χ1n) is 14.2. The van der Waals surface area contributed by atoms with E-state index in [1.54, 1.807) is 24.3 Å². The van der Waals surface area contributed by atoms with Crippen molar-refractivity contribution in [3.05, 3.63) is 71.8 Å². The van der Waals surface area contributed by atoms with Crippen LogP contribution in [0.15, 0.2) is 60.7 Å². The molecule has 1 saturated heterocycles. The van der Waals surface area contributed by atoms with Gasteiger partial charge in [-0.1, -0.05) is 74.5 Å². The maximum absolute atomic E-state index is 13.5. The van der Waals surface area contributed by atoms with Crippen LogP contribution in [0.1, 0.15) is 44.2 Å². The first-order chi connectivity index (χ1) is 19.7. The van der Waals surface area contributed by atoms with Gasteiger partial charge in [0, 0.05) is 19.6 Å². The predicted molar refractivity (Wildman–Crippen MR) is 155 cm³/mol. The lowest BCUT2D eigenvalue weighted by Gasteiger charge is -2.28. The minimum absolute atomic E-state index is 0.0416. The van der Waals surface area contributed by atoms with Crippen molar-refractivity contribution in [2.24, 2.45) is 5.92 Å². The number of benzene rings is 2. The average molecular weight is 567 g/mol. The molecule has 0 spiro atoms. The number of ether oxygens (including phenoxy) is 1. The fourth-order valence-corrected chi connectivity index (χ4v) is 4.74. The molecule has 222 valence electrons. The molecule has 0 bridgehead atoms. The number of rotatable bonds is 15. The molecule has 0 saturated carbocycles. The Bertz CT molecular complexity index is 1120. The molecule has 0 radical (unpaired) electrons. The smallest absolute Gasteiger partial charge is 0.326 e. The lowest BCUT2D eigenvalue weighted by Crippen LogP contribution is -2.57. The Labute approximate surface area is 241 Å². The van der Waals surface area contributed by atoms with Gasteiger partial charge < -0.3 is 25.8 Å². The Balaban J connectivity index is 1.70. The summed E-state index contributed by atoms with van der Waals surface area (Å²) in [5, 5.41) is 18.0. The van der Waals surface area contributed by atoms with Crippen molar-refractivity contribution in [3.8, 4) is 0 Å². The van der Waals surface area contributed by atoms with Gasteiger partial charge in [0.2, 0.25) is 17.7 Å². The maximum atomic E-state index is 13.5. The summed E-state index contributed by atoms with van der Waals surface area (Å²) in [7, 11) is 0. The van der Waals surface area contributed by atoms with Gasteiger partial charge in [0.25, 0.3) is 0 Å². The lowest BCUT2D eigenvalue weighted by atomic mass is 10.00. The molecule has 1 fully saturated rings. The highest BCUT2D eigenvalue weighted by atomic mass is 16.5. The normalized spacial score (nSPS) is 15.9. The van der Waals surface area contributed by atoms with Crippen molar-refractivity contribution in [3.63, 3.8) is 0 Å². The van der Waals surface area contributed by atoms with E-state index < -0.39 is 35.9 Å². The third-order valence-electron chi connectivity index (χ3n) is 6.86. The highest BCUT2D eigenvalue weighted by Gasteiger charge is 2.30. The second kappa shape index (κ2) is 16.5. The summed E-state index contributed by atoms with van der Waals surface area (Å²) in [5.74, 6) is -2.48. The van der Waals surface area contributed by atoms with Crippen molar-refractivity contribution in [2.45, 2.75) is 64.1 Å². The summed E-state index contributed by atoms with van der Waals surface area (Å²) < 4.78 is 5.42. The maximum Gasteiger partial charge on any atom is 0.326 e. The van der Waals surface area contributed by atoms with Gasteiger partial charge in [-0.3, -0.25) is 19.3 Å². The van der Waals surface area contributed by atoms with E-state index in [0.717, 1.165) is 24.1 Å². The molecule has 2 aromatic carbocycles. The number of hydrogen-bond donors (Lipinski definition) is 4. The Morgan fingerprint density at radius 1 is 0.854 bits per heavy atom. The average Bonchev–Trinajstić information content (AvgIpc) is 2.95. The number of carbonyl (C=O) groups excluding carboxylic acids is 3. The second-order valence-electron chi connectivity index (χ2n) is 10.9. The Morgan fingerprint density at radius 2 is 1.46 bits per heavy atom. The molecule has 2 aromatic rings. The highest BCUT2D eigenvalue weighted by Crippen LogP contribution is 2.11. The third-order valence-corrected chi connectivity index (χ3v) is 6.86. The summed E-state index contributed by atoms with van der Waals surface area (Å²) in [6.45, 7) is 5.69. The minimum atomic E-state index is -1.16. The van der Waals surface area contributed by atoms with Crippen molar-refractivity contribution in [2.75, 3.05) is 26.4 Å². The number of hydrogen-bond acceptors (Lipinski definition) is 6. The van der Waals surface area contributed by atoms with Crippen LogP contribution in [-0.4, -0.2) is 78.3 Å². The topological polar surface area (TPSA) is 137 Å². The van der Waals surface area contributed by atoms with Crippen LogP contribution in [0.4, 0.5) is 0 Å². The van der Waals surface area contributed by atoms with Crippen LogP contribution in [0.3, 0.4) is 0 Å². The summed E-state index contributed by atoms with van der Waals surface area (Å²) in [4.78, 5) is 53.6. The van der Waals surface area contributed by atoms with Crippen LogP contribution in [0, 0.1) is 5.92 Å². The SMILES string of the molecule is CC(C)C[C@H](NC(=O)[C@H](CCc1ccccc1)NC(=O)CN1CCCOC1)C(=O)N[C@@H](Cc1ccccc1)C(=O)O. The third kappa shape index (κ3) is 11.3. The van der Waals surface area contributed by atoms with Crippen LogP contribution in [0.5, 0.6) is 0 Å². The number of carboxylic acid groups (broad SMARTS) is 1. The number of aliphatic carboxylic acids is 1. The number of nitrogens with zero attached hydrogens (tertiary/aromatic N) is 1. The molecular weight excluding hydrogens is 524 g/mol. The largest absolute Gasteiger partial charge is 0.480 e. The number of carboxylic acids is 1. The second-order valence-corrected chi connectivity index (χ2v) is 10.9. The molecule has 3 atom stereocenters. The molecule has 41 heavy (non-hydrogen) atoms. The summed E-state index contributed by atoms with van der Waals surface area (Å²) in [6.07, 6.45) is 2.13. The molecule has 0 aliphatic carbocycles. The van der Waals surface area contributed by atoms with E-state index in [-0.39, 0.29) is 24.8 Å². The van der Waals surface area contributed by atoms with E-state index in [9.17, 15) is 24.3 Å². The number of carbonyl (C=O) groups is 4. The molecule has 0 aromatic heterocycles. The number of aryl methyl sites for hydroxylation is 1. The van der Waals surface area contributed by atoms with Gasteiger partial charge in [-0.05, 0) is 42.7 Å². The fraction of sp³-hybridized carbons (Fsp3) is 0.484. The molecule has 3 rings (SSSR count). The monoisotopic (exact) mass is 566 g/mol. The van der Waals surface area contributed by atoms with E-state index in [1.165, 1.54) is 0 Å². The summed E-state index contributed by atoms with van der Waals surface area (Å²) in [5.41, 5.74) is 1.79. The number of nitrogens with one attached hydrogen (secondary N) is 3. The first-order valence-corrected chi connectivity index (χ1v) is 14.2. The Kier molecular flexibility index (Phi) is 12.8. The van der Waals surface area contributed by atoms with Crippen molar-refractivity contribution >= 4 is 23.7 Å². The summed E-state index contributed by atoms with van der Waals surface area (Å²) in [6, 6.07) is 15.7. The lowest BCUT2D eigenvalue weighted by molar-refractivity contribution is -0.142. The molecule has 1 aliphatic rings. The van der Waals surface area contributed by atoms with Crippen LogP contribution in [0.25, 0.3) is 0 Å². The van der Waals surface area contributed by atoms with Gasteiger partial charge in [-0.2, -0.15) is 0 Å². The van der Waals surface area contributed by atoms with Crippen LogP contribution in [-0.2, 0) is 36.8 Å². The van der Waals surface area contributed by atoms with Crippen molar-refractivity contribution < 1.29 is 29.0 Å². The van der Waals surface area contributed by atoms with E-state index in [1.807, 2.05) is 55.1 Å². The van der Waals surface area contributed by atoms with Gasteiger partial charge in [0.15, 0.2) is 0 Å². The van der Waals surface area contributed by atoms with Crippen molar-refractivity contribution in [1.29, 1.82) is 0 Å². The van der Waals surface area contributed by atoms with E-state index >= 15 is 0 Å². The molecule has 1 aliphatic heterocycles. The van der Waals surface area contributed by atoms with E-state index in [4.69, 9.17) is 4.74 Å². The molecular formula is C31H42N4O6.